The summed E-state index contributed by atoms with van der Waals surface area (Å²) < 4.78 is 45.8. The largest absolute Gasteiger partial charge is 0.506 e. The van der Waals surface area contributed by atoms with Gasteiger partial charge in [-0.3, -0.25) is 0 Å². The number of phenols is 4. The van der Waals surface area contributed by atoms with Crippen molar-refractivity contribution in [2.45, 2.75) is 9.79 Å². The molecule has 6 rings (SSSR count). The SMILES string of the molecule is N.NS(=O)(=O)c1ccc(O)c(N=Nc2c(O)ccc3ccccc23)c1.[Co].[NH3+]S(=O)(=O)c1ccc(O)c(N=Nc2c(O)ccc3ccccc23)c1. The van der Waals surface area contributed by atoms with Crippen molar-refractivity contribution >= 4 is 64.3 Å². The number of azo groups is 2. The number of primary sulfonamides is 1. The van der Waals surface area contributed by atoms with Crippen LogP contribution >= 0.6 is 0 Å². The fraction of sp³-hybridized carbons (Fsp3) is 0. The van der Waals surface area contributed by atoms with Crippen LogP contribution in [0.5, 0.6) is 23.0 Å². The molecule has 0 fully saturated rings. The van der Waals surface area contributed by atoms with Gasteiger partial charge in [-0.2, -0.15) is 8.42 Å². The van der Waals surface area contributed by atoms with Crippen LogP contribution in [0.3, 0.4) is 0 Å². The molecule has 0 atom stereocenters. The maximum Gasteiger partial charge on any atom is 0.322 e. The van der Waals surface area contributed by atoms with E-state index in [1.165, 1.54) is 36.4 Å². The molecule has 50 heavy (non-hydrogen) atoms. The van der Waals surface area contributed by atoms with Crippen LogP contribution in [0.15, 0.2) is 139 Å². The van der Waals surface area contributed by atoms with Gasteiger partial charge in [-0.05, 0) is 59.3 Å². The standard InChI is InChI=1S/2C16H13N3O4S.Co.H3N/c2*17-24(22,23)11-6-8-14(20)13(9-11)18-19-16-12-4-2-1-3-10(12)5-7-15(16)21;;/h2*1-9,20-21H,(H2,17,22,23);;1H3/p+1. The van der Waals surface area contributed by atoms with Gasteiger partial charge in [-0.15, -0.1) is 20.5 Å². The molecule has 0 saturated heterocycles. The molecule has 0 amide bonds. The fourth-order valence-corrected chi connectivity index (χ4v) is 5.54. The van der Waals surface area contributed by atoms with E-state index in [1.54, 1.807) is 36.4 Å². The van der Waals surface area contributed by atoms with Crippen molar-refractivity contribution in [3.63, 3.8) is 0 Å². The summed E-state index contributed by atoms with van der Waals surface area (Å²) in [4.78, 5) is -0.284. The number of nitrogens with two attached hydrogens (primary N) is 1. The number of quaternary nitrogens is 1. The molecule has 261 valence electrons. The third-order valence-electron chi connectivity index (χ3n) is 6.86. The number of phenolic OH excluding ortho intramolecular Hbond substituents is 4. The van der Waals surface area contributed by atoms with Gasteiger partial charge in [-0.25, -0.2) is 18.7 Å². The summed E-state index contributed by atoms with van der Waals surface area (Å²) in [5, 5.41) is 66.6. The normalized spacial score (nSPS) is 11.6. The predicted molar refractivity (Wildman–Crippen MR) is 182 cm³/mol. The minimum atomic E-state index is -3.93. The van der Waals surface area contributed by atoms with E-state index in [2.05, 4.69) is 25.6 Å². The molecule has 6 aromatic carbocycles. The monoisotopic (exact) mass is 763 g/mol. The van der Waals surface area contributed by atoms with Gasteiger partial charge in [-0.1, -0.05) is 60.7 Å². The van der Waals surface area contributed by atoms with Crippen LogP contribution in [0, 0.1) is 0 Å². The Morgan fingerprint density at radius 2 is 0.900 bits per heavy atom. The maximum absolute atomic E-state index is 11.5. The van der Waals surface area contributed by atoms with Gasteiger partial charge in [0.2, 0.25) is 10.0 Å². The van der Waals surface area contributed by atoms with E-state index in [0.29, 0.717) is 10.8 Å². The molecule has 0 spiro atoms. The zero-order chi connectivity index (χ0) is 34.6. The van der Waals surface area contributed by atoms with Gasteiger partial charge in [0.05, 0.1) is 4.90 Å². The van der Waals surface area contributed by atoms with Gasteiger partial charge in [0.25, 0.3) is 0 Å². The van der Waals surface area contributed by atoms with Crippen molar-refractivity contribution in [2.75, 3.05) is 0 Å². The second kappa shape index (κ2) is 15.8. The molecule has 0 aliphatic rings. The van der Waals surface area contributed by atoms with Crippen LogP contribution in [0.4, 0.5) is 22.7 Å². The van der Waals surface area contributed by atoms with Crippen LogP contribution in [0.1, 0.15) is 0 Å². The second-order valence-electron chi connectivity index (χ2n) is 10.2. The smallest absolute Gasteiger partial charge is 0.322 e. The van der Waals surface area contributed by atoms with E-state index in [0.717, 1.165) is 22.9 Å². The number of hydrogen-bond acceptors (Lipinski definition) is 13. The molecule has 0 unspecified atom stereocenters. The number of rotatable bonds is 6. The number of sulfonamides is 2. The second-order valence-corrected chi connectivity index (χ2v) is 13.4. The number of fused-ring (bicyclic) bond motifs is 2. The molecule has 18 heteroatoms. The zero-order valence-electron chi connectivity index (χ0n) is 25.7. The molecule has 0 bridgehead atoms. The average molecular weight is 764 g/mol. The number of aromatic hydroxyl groups is 4. The minimum Gasteiger partial charge on any atom is -0.506 e. The first-order valence-corrected chi connectivity index (χ1v) is 16.9. The average Bonchev–Trinajstić information content (AvgIpc) is 3.04. The Labute approximate surface area is 296 Å². The van der Waals surface area contributed by atoms with Crippen LogP contribution in [0.25, 0.3) is 21.5 Å². The van der Waals surface area contributed by atoms with Gasteiger partial charge in [0.1, 0.15) is 50.6 Å². The third-order valence-corrected chi connectivity index (χ3v) is 8.74. The van der Waals surface area contributed by atoms with Crippen molar-refractivity contribution in [2.24, 2.45) is 25.6 Å². The van der Waals surface area contributed by atoms with E-state index in [9.17, 15) is 37.3 Å². The van der Waals surface area contributed by atoms with E-state index < -0.39 is 20.0 Å². The Balaban J connectivity index is 0.000000260. The van der Waals surface area contributed by atoms with Crippen molar-refractivity contribution in [3.05, 3.63) is 109 Å². The Bertz CT molecular complexity index is 2310. The first kappa shape index (κ1) is 39.0. The Kier molecular flexibility index (Phi) is 12.3. The summed E-state index contributed by atoms with van der Waals surface area (Å²) >= 11 is 0. The van der Waals surface area contributed by atoms with E-state index in [-0.39, 0.29) is 78.5 Å². The Morgan fingerprint density at radius 1 is 0.520 bits per heavy atom. The molecule has 0 aromatic heterocycles. The summed E-state index contributed by atoms with van der Waals surface area (Å²) in [7, 11) is -7.61. The maximum atomic E-state index is 11.5. The Morgan fingerprint density at radius 3 is 1.32 bits per heavy atom. The summed E-state index contributed by atoms with van der Waals surface area (Å²) in [6.45, 7) is 0. The van der Waals surface area contributed by atoms with Crippen molar-refractivity contribution in [1.82, 2.24) is 6.15 Å². The summed E-state index contributed by atoms with van der Waals surface area (Å²) in [5.41, 5.74) is 0.338. The number of hydrogen-bond donors (Lipinski definition) is 7. The van der Waals surface area contributed by atoms with Crippen LogP contribution in [0.2, 0.25) is 0 Å². The first-order valence-electron chi connectivity index (χ1n) is 13.7. The van der Waals surface area contributed by atoms with E-state index in [4.69, 9.17) is 5.14 Å². The quantitative estimate of drug-likeness (QED) is 0.0967. The van der Waals surface area contributed by atoms with Gasteiger partial charge < -0.3 is 26.6 Å². The number of nitrogens with zero attached hydrogens (tertiary/aromatic N) is 4. The van der Waals surface area contributed by atoms with Crippen LogP contribution < -0.4 is 16.4 Å². The minimum absolute atomic E-state index is 0. The molecule has 0 aliphatic carbocycles. The van der Waals surface area contributed by atoms with Crippen molar-refractivity contribution in [3.8, 4) is 23.0 Å². The van der Waals surface area contributed by atoms with Gasteiger partial charge >= 0.3 is 10.0 Å². The molecule has 1 radical (unpaired) electrons. The molecule has 6 aromatic rings. The third kappa shape index (κ3) is 8.95. The fourth-order valence-electron chi connectivity index (χ4n) is 4.44. The molecule has 0 saturated carbocycles. The summed E-state index contributed by atoms with van der Waals surface area (Å²) in [6.07, 6.45) is 0. The van der Waals surface area contributed by atoms with Crippen molar-refractivity contribution in [1.29, 1.82) is 0 Å². The molecule has 0 aliphatic heterocycles. The predicted octanol–water partition coefficient (Wildman–Crippen LogP) is 6.07. The zero-order valence-corrected chi connectivity index (χ0v) is 28.4. The van der Waals surface area contributed by atoms with Gasteiger partial charge in [0, 0.05) is 27.6 Å². The van der Waals surface area contributed by atoms with E-state index in [1.807, 2.05) is 24.3 Å². The van der Waals surface area contributed by atoms with Gasteiger partial charge in [0.15, 0.2) is 0 Å². The van der Waals surface area contributed by atoms with Crippen LogP contribution in [-0.4, -0.2) is 37.3 Å². The molecule has 0 heterocycles. The molecule has 15 nitrogen and oxygen atoms in total. The topological polar surface area (TPSA) is 287 Å². The Hall–Kier alpha value is -5.47. The first-order chi connectivity index (χ1) is 22.7. The molecular weight excluding hydrogens is 733 g/mol. The molecular formula is C32H30CoN7O8S2+. The summed E-state index contributed by atoms with van der Waals surface area (Å²) in [6, 6.07) is 28.1. The summed E-state index contributed by atoms with van der Waals surface area (Å²) in [5.74, 6) is -0.644. The number of benzene rings is 6. The van der Waals surface area contributed by atoms with Crippen molar-refractivity contribution < 1.29 is 59.2 Å². The van der Waals surface area contributed by atoms with E-state index >= 15 is 0 Å². The van der Waals surface area contributed by atoms with Crippen LogP contribution in [-0.2, 0) is 36.8 Å². The molecule has 12 N–H and O–H groups in total.